The molecule has 2 rings (SSSR count). The topological polar surface area (TPSA) is 69.6 Å². The minimum atomic E-state index is -0.849. The van der Waals surface area contributed by atoms with E-state index in [1.807, 2.05) is 19.1 Å². The van der Waals surface area contributed by atoms with Crippen LogP contribution in [-0.4, -0.2) is 34.6 Å². The third kappa shape index (κ3) is 3.70. The highest BCUT2D eigenvalue weighted by molar-refractivity contribution is 7.11. The first-order valence-corrected chi connectivity index (χ1v) is 7.19. The van der Waals surface area contributed by atoms with Crippen molar-refractivity contribution in [2.75, 3.05) is 6.54 Å². The van der Waals surface area contributed by atoms with E-state index >= 15 is 0 Å². The molecule has 2 amide bonds. The van der Waals surface area contributed by atoms with E-state index in [9.17, 15) is 9.59 Å². The Balaban J connectivity index is 1.86. The number of aryl methyl sites for hydroxylation is 1. The van der Waals surface area contributed by atoms with E-state index in [0.717, 1.165) is 17.7 Å². The molecule has 0 spiro atoms. The number of carbonyl (C=O) groups is 2. The van der Waals surface area contributed by atoms with Gasteiger partial charge in [0.2, 0.25) is 0 Å². The zero-order valence-corrected chi connectivity index (χ0v) is 11.7. The molecule has 0 radical (unpaired) electrons. The Bertz CT molecular complexity index is 472. The molecule has 104 valence electrons. The molecule has 1 atom stereocenters. The largest absolute Gasteiger partial charge is 0.481 e. The van der Waals surface area contributed by atoms with Gasteiger partial charge in [0.25, 0.3) is 0 Å². The summed E-state index contributed by atoms with van der Waals surface area (Å²) in [7, 11) is 0. The van der Waals surface area contributed by atoms with Gasteiger partial charge in [0.15, 0.2) is 0 Å². The van der Waals surface area contributed by atoms with Crippen molar-refractivity contribution in [1.29, 1.82) is 0 Å². The molecule has 1 aliphatic rings. The number of hydrogen-bond acceptors (Lipinski definition) is 3. The van der Waals surface area contributed by atoms with Gasteiger partial charge < -0.3 is 15.3 Å². The van der Waals surface area contributed by atoms with Gasteiger partial charge in [-0.3, -0.25) is 4.79 Å². The Labute approximate surface area is 116 Å². The van der Waals surface area contributed by atoms with Crippen molar-refractivity contribution in [3.63, 3.8) is 0 Å². The Morgan fingerprint density at radius 3 is 2.95 bits per heavy atom. The van der Waals surface area contributed by atoms with Gasteiger partial charge in [-0.2, -0.15) is 0 Å². The van der Waals surface area contributed by atoms with E-state index in [1.54, 1.807) is 16.2 Å². The zero-order valence-electron chi connectivity index (χ0n) is 10.9. The lowest BCUT2D eigenvalue weighted by Gasteiger charge is -2.23. The summed E-state index contributed by atoms with van der Waals surface area (Å²) in [5, 5.41) is 11.7. The van der Waals surface area contributed by atoms with Gasteiger partial charge in [0, 0.05) is 22.3 Å². The Hall–Kier alpha value is -1.56. The summed E-state index contributed by atoms with van der Waals surface area (Å²) in [4.78, 5) is 26.8. The molecule has 1 aromatic rings. The maximum atomic E-state index is 12.0. The van der Waals surface area contributed by atoms with Crippen LogP contribution in [0.4, 0.5) is 4.79 Å². The fourth-order valence-corrected chi connectivity index (χ4v) is 3.19. The summed E-state index contributed by atoms with van der Waals surface area (Å²) < 4.78 is 0. The van der Waals surface area contributed by atoms with E-state index in [1.165, 1.54) is 4.88 Å². The molecule has 2 N–H and O–H groups in total. The van der Waals surface area contributed by atoms with Crippen LogP contribution in [0.25, 0.3) is 0 Å². The molecule has 0 aliphatic carbocycles. The van der Waals surface area contributed by atoms with Crippen LogP contribution >= 0.6 is 11.3 Å². The van der Waals surface area contributed by atoms with Gasteiger partial charge in [-0.05, 0) is 31.9 Å². The van der Waals surface area contributed by atoms with Crippen molar-refractivity contribution in [3.05, 3.63) is 21.9 Å². The molecule has 5 nitrogen and oxygen atoms in total. The number of carbonyl (C=O) groups excluding carboxylic acids is 1. The van der Waals surface area contributed by atoms with E-state index in [-0.39, 0.29) is 18.5 Å². The number of aliphatic carboxylic acids is 1. The molecule has 1 unspecified atom stereocenters. The molecule has 2 heterocycles. The number of hydrogen-bond donors (Lipinski definition) is 2. The molecule has 1 saturated heterocycles. The maximum Gasteiger partial charge on any atom is 0.317 e. The average Bonchev–Trinajstić information content (AvgIpc) is 2.94. The van der Waals surface area contributed by atoms with Crippen molar-refractivity contribution in [2.45, 2.75) is 38.8 Å². The van der Waals surface area contributed by atoms with Gasteiger partial charge in [0.05, 0.1) is 13.0 Å². The number of amides is 2. The van der Waals surface area contributed by atoms with E-state index in [2.05, 4.69) is 5.32 Å². The fourth-order valence-electron chi connectivity index (χ4n) is 2.36. The number of likely N-dealkylation sites (tertiary alicyclic amines) is 1. The van der Waals surface area contributed by atoms with Crippen molar-refractivity contribution in [3.8, 4) is 0 Å². The van der Waals surface area contributed by atoms with Crippen LogP contribution in [0.2, 0.25) is 0 Å². The second-order valence-corrected chi connectivity index (χ2v) is 6.13. The van der Waals surface area contributed by atoms with E-state index < -0.39 is 5.97 Å². The predicted octanol–water partition coefficient (Wildman–Crippen LogP) is 2.21. The van der Waals surface area contributed by atoms with Crippen molar-refractivity contribution < 1.29 is 14.7 Å². The number of nitrogens with one attached hydrogen (secondary N) is 1. The number of carboxylic acids is 1. The van der Waals surface area contributed by atoms with Crippen LogP contribution in [0.15, 0.2) is 12.1 Å². The lowest BCUT2D eigenvalue weighted by Crippen LogP contribution is -2.43. The number of rotatable bonds is 4. The fraction of sp³-hybridized carbons (Fsp3) is 0.538. The first-order valence-electron chi connectivity index (χ1n) is 6.38. The average molecular weight is 282 g/mol. The highest BCUT2D eigenvalue weighted by Gasteiger charge is 2.30. The lowest BCUT2D eigenvalue weighted by molar-refractivity contribution is -0.137. The third-order valence-electron chi connectivity index (χ3n) is 3.26. The van der Waals surface area contributed by atoms with Crippen molar-refractivity contribution in [2.24, 2.45) is 0 Å². The molecular formula is C13H18N2O3S. The maximum absolute atomic E-state index is 12.0. The Morgan fingerprint density at radius 2 is 2.32 bits per heavy atom. The second-order valence-electron chi connectivity index (χ2n) is 4.76. The quantitative estimate of drug-likeness (QED) is 0.889. The molecular weight excluding hydrogens is 264 g/mol. The minimum Gasteiger partial charge on any atom is -0.481 e. The SMILES string of the molecule is Cc1ccc(CNC(=O)N2CCCC2CC(=O)O)s1. The predicted molar refractivity (Wildman–Crippen MR) is 73.3 cm³/mol. The van der Waals surface area contributed by atoms with Crippen LogP contribution in [0.5, 0.6) is 0 Å². The summed E-state index contributed by atoms with van der Waals surface area (Å²) in [6, 6.07) is 3.70. The molecule has 0 saturated carbocycles. The van der Waals surface area contributed by atoms with Crippen LogP contribution in [0.1, 0.15) is 29.0 Å². The summed E-state index contributed by atoms with van der Waals surface area (Å²) in [6.45, 7) is 3.18. The molecule has 1 aliphatic heterocycles. The van der Waals surface area contributed by atoms with Gasteiger partial charge in [-0.1, -0.05) is 0 Å². The summed E-state index contributed by atoms with van der Waals surface area (Å²) in [5.41, 5.74) is 0. The van der Waals surface area contributed by atoms with E-state index in [4.69, 9.17) is 5.11 Å². The van der Waals surface area contributed by atoms with Crippen LogP contribution in [0.3, 0.4) is 0 Å². The first-order chi connectivity index (χ1) is 9.06. The molecule has 6 heteroatoms. The monoisotopic (exact) mass is 282 g/mol. The second kappa shape index (κ2) is 6.06. The highest BCUT2D eigenvalue weighted by atomic mass is 32.1. The number of carboxylic acid groups (broad SMARTS) is 1. The summed E-state index contributed by atoms with van der Waals surface area (Å²) >= 11 is 1.66. The number of thiophene rings is 1. The van der Waals surface area contributed by atoms with Crippen molar-refractivity contribution in [1.82, 2.24) is 10.2 Å². The van der Waals surface area contributed by atoms with E-state index in [0.29, 0.717) is 13.1 Å². The summed E-state index contributed by atoms with van der Waals surface area (Å²) in [5.74, 6) is -0.849. The van der Waals surface area contributed by atoms with Crippen LogP contribution < -0.4 is 5.32 Å². The van der Waals surface area contributed by atoms with Crippen LogP contribution in [0, 0.1) is 6.92 Å². The molecule has 1 aromatic heterocycles. The zero-order chi connectivity index (χ0) is 13.8. The minimum absolute atomic E-state index is 0.0333. The lowest BCUT2D eigenvalue weighted by atomic mass is 10.1. The summed E-state index contributed by atoms with van der Waals surface area (Å²) in [6.07, 6.45) is 1.69. The standard InChI is InChI=1S/C13H18N2O3S/c1-9-4-5-11(19-9)8-14-13(18)15-6-2-3-10(15)7-12(16)17/h4-5,10H,2-3,6-8H2,1H3,(H,14,18)(H,16,17). The van der Waals surface area contributed by atoms with Crippen molar-refractivity contribution >= 4 is 23.3 Å². The molecule has 19 heavy (non-hydrogen) atoms. The number of nitrogens with zero attached hydrogens (tertiary/aromatic N) is 1. The highest BCUT2D eigenvalue weighted by Crippen LogP contribution is 2.20. The molecule has 0 bridgehead atoms. The van der Waals surface area contributed by atoms with Gasteiger partial charge in [-0.15, -0.1) is 11.3 Å². The molecule has 1 fully saturated rings. The smallest absolute Gasteiger partial charge is 0.317 e. The first kappa shape index (κ1) is 13.9. The normalized spacial score (nSPS) is 18.6. The number of urea groups is 1. The van der Waals surface area contributed by atoms with Gasteiger partial charge >= 0.3 is 12.0 Å². The third-order valence-corrected chi connectivity index (χ3v) is 4.26. The van der Waals surface area contributed by atoms with Gasteiger partial charge in [-0.25, -0.2) is 4.79 Å². The van der Waals surface area contributed by atoms with Crippen LogP contribution in [-0.2, 0) is 11.3 Å². The Morgan fingerprint density at radius 1 is 1.53 bits per heavy atom. The molecule has 0 aromatic carbocycles. The van der Waals surface area contributed by atoms with Gasteiger partial charge in [0.1, 0.15) is 0 Å². The Kier molecular flexibility index (Phi) is 4.42.